The summed E-state index contributed by atoms with van der Waals surface area (Å²) in [5.41, 5.74) is 0.658. The van der Waals surface area contributed by atoms with E-state index in [-0.39, 0.29) is 8.68 Å². The average Bonchev–Trinajstić information content (AvgIpc) is 2.88. The summed E-state index contributed by atoms with van der Waals surface area (Å²) in [6.07, 6.45) is 3.02. The van der Waals surface area contributed by atoms with E-state index in [1.807, 2.05) is 25.1 Å². The number of hydrogen-bond donors (Lipinski definition) is 0. The standard InChI is InChI=1S/C13H15ClN2O2S2/c1-2-3-9-16(11-7-5-4-6-8-11)20(17,18)12-10-15-13(14)19-12/h4-8,10H,2-3,9H2,1H3. The van der Waals surface area contributed by atoms with Gasteiger partial charge >= 0.3 is 0 Å². The highest BCUT2D eigenvalue weighted by Gasteiger charge is 2.26. The van der Waals surface area contributed by atoms with Gasteiger partial charge < -0.3 is 0 Å². The minimum absolute atomic E-state index is 0.169. The maximum atomic E-state index is 12.7. The lowest BCUT2D eigenvalue weighted by molar-refractivity contribution is 0.590. The predicted molar refractivity (Wildman–Crippen MR) is 83.0 cm³/mol. The molecule has 0 unspecified atom stereocenters. The Kier molecular flexibility index (Phi) is 5.01. The van der Waals surface area contributed by atoms with Crippen LogP contribution in [-0.4, -0.2) is 19.9 Å². The van der Waals surface area contributed by atoms with Gasteiger partial charge in [-0.2, -0.15) is 0 Å². The first kappa shape index (κ1) is 15.3. The normalized spacial score (nSPS) is 11.5. The summed E-state index contributed by atoms with van der Waals surface area (Å²) in [5, 5.41) is 0. The third-order valence-electron chi connectivity index (χ3n) is 2.76. The molecular formula is C13H15ClN2O2S2. The maximum Gasteiger partial charge on any atom is 0.275 e. The predicted octanol–water partition coefficient (Wildman–Crippen LogP) is 3.79. The van der Waals surface area contributed by atoms with Crippen LogP contribution in [0.1, 0.15) is 19.8 Å². The van der Waals surface area contributed by atoms with Crippen LogP contribution < -0.4 is 4.31 Å². The Labute approximate surface area is 128 Å². The zero-order valence-electron chi connectivity index (χ0n) is 11.0. The second-order valence-electron chi connectivity index (χ2n) is 4.20. The first-order chi connectivity index (χ1) is 9.55. The number of anilines is 1. The molecule has 0 aliphatic heterocycles. The summed E-state index contributed by atoms with van der Waals surface area (Å²) in [5.74, 6) is 0. The second kappa shape index (κ2) is 6.56. The van der Waals surface area contributed by atoms with Crippen LogP contribution in [-0.2, 0) is 10.0 Å². The zero-order valence-corrected chi connectivity index (χ0v) is 13.4. The lowest BCUT2D eigenvalue weighted by Gasteiger charge is -2.23. The summed E-state index contributed by atoms with van der Waals surface area (Å²) in [4.78, 5) is 3.82. The van der Waals surface area contributed by atoms with E-state index in [9.17, 15) is 8.42 Å². The molecule has 0 saturated carbocycles. The van der Waals surface area contributed by atoms with Crippen molar-refractivity contribution in [3.8, 4) is 0 Å². The number of benzene rings is 1. The monoisotopic (exact) mass is 330 g/mol. The highest BCUT2D eigenvalue weighted by Crippen LogP contribution is 2.29. The lowest BCUT2D eigenvalue weighted by Crippen LogP contribution is -2.31. The van der Waals surface area contributed by atoms with E-state index in [1.54, 1.807) is 12.1 Å². The molecule has 0 aliphatic carbocycles. The molecule has 108 valence electrons. The Hall–Kier alpha value is -1.11. The number of nitrogens with zero attached hydrogens (tertiary/aromatic N) is 2. The van der Waals surface area contributed by atoms with Crippen LogP contribution in [0.2, 0.25) is 4.47 Å². The molecule has 0 aliphatic rings. The molecular weight excluding hydrogens is 316 g/mol. The molecule has 0 bridgehead atoms. The molecule has 2 rings (SSSR count). The van der Waals surface area contributed by atoms with Crippen LogP contribution in [0.5, 0.6) is 0 Å². The number of aromatic nitrogens is 1. The van der Waals surface area contributed by atoms with E-state index in [4.69, 9.17) is 11.6 Å². The van der Waals surface area contributed by atoms with Crippen molar-refractivity contribution in [2.75, 3.05) is 10.8 Å². The largest absolute Gasteiger partial charge is 0.275 e. The summed E-state index contributed by atoms with van der Waals surface area (Å²) in [6.45, 7) is 2.47. The maximum absolute atomic E-state index is 12.7. The summed E-state index contributed by atoms with van der Waals surface area (Å²) in [6, 6.07) is 9.08. The van der Waals surface area contributed by atoms with Crippen LogP contribution in [0.4, 0.5) is 5.69 Å². The molecule has 0 amide bonds. The van der Waals surface area contributed by atoms with Gasteiger partial charge in [-0.3, -0.25) is 4.31 Å². The van der Waals surface area contributed by atoms with E-state index in [1.165, 1.54) is 10.5 Å². The first-order valence-electron chi connectivity index (χ1n) is 6.25. The van der Waals surface area contributed by atoms with Crippen molar-refractivity contribution < 1.29 is 8.42 Å². The highest BCUT2D eigenvalue weighted by molar-refractivity contribution is 7.94. The van der Waals surface area contributed by atoms with Crippen molar-refractivity contribution in [2.24, 2.45) is 0 Å². The van der Waals surface area contributed by atoms with Gasteiger partial charge in [0.25, 0.3) is 10.0 Å². The Bertz CT molecular complexity index is 656. The number of halogens is 1. The smallest absolute Gasteiger partial charge is 0.266 e. The fourth-order valence-electron chi connectivity index (χ4n) is 1.75. The molecule has 0 fully saturated rings. The fraction of sp³-hybridized carbons (Fsp3) is 0.308. The van der Waals surface area contributed by atoms with Gasteiger partial charge in [-0.1, -0.05) is 54.5 Å². The number of sulfonamides is 1. The van der Waals surface area contributed by atoms with Crippen molar-refractivity contribution >= 4 is 38.6 Å². The summed E-state index contributed by atoms with van der Waals surface area (Å²) in [7, 11) is -3.60. The molecule has 1 heterocycles. The van der Waals surface area contributed by atoms with E-state index < -0.39 is 10.0 Å². The number of hydrogen-bond acceptors (Lipinski definition) is 4. The minimum atomic E-state index is -3.60. The molecule has 0 atom stereocenters. The van der Waals surface area contributed by atoms with E-state index in [0.29, 0.717) is 12.2 Å². The Morgan fingerprint density at radius 2 is 2.00 bits per heavy atom. The molecule has 0 saturated heterocycles. The van der Waals surface area contributed by atoms with Crippen LogP contribution in [0.15, 0.2) is 40.7 Å². The SMILES string of the molecule is CCCCN(c1ccccc1)S(=O)(=O)c1cnc(Cl)s1. The highest BCUT2D eigenvalue weighted by atomic mass is 35.5. The topological polar surface area (TPSA) is 50.3 Å². The molecule has 0 spiro atoms. The zero-order chi connectivity index (χ0) is 14.6. The Morgan fingerprint density at radius 3 is 2.55 bits per heavy atom. The van der Waals surface area contributed by atoms with Crippen molar-refractivity contribution in [1.29, 1.82) is 0 Å². The van der Waals surface area contributed by atoms with Gasteiger partial charge in [-0.25, -0.2) is 13.4 Å². The van der Waals surface area contributed by atoms with Crippen molar-refractivity contribution in [3.63, 3.8) is 0 Å². The number of unbranched alkanes of at least 4 members (excludes halogenated alkanes) is 1. The van der Waals surface area contributed by atoms with Gasteiger partial charge in [0, 0.05) is 6.54 Å². The third kappa shape index (κ3) is 3.31. The van der Waals surface area contributed by atoms with E-state index >= 15 is 0 Å². The first-order valence-corrected chi connectivity index (χ1v) is 8.88. The lowest BCUT2D eigenvalue weighted by atomic mass is 10.3. The molecule has 7 heteroatoms. The molecule has 20 heavy (non-hydrogen) atoms. The summed E-state index contributed by atoms with van der Waals surface area (Å²) >= 11 is 6.72. The van der Waals surface area contributed by atoms with Gasteiger partial charge in [0.05, 0.1) is 11.9 Å². The van der Waals surface area contributed by atoms with Gasteiger partial charge in [0.1, 0.15) is 0 Å². The van der Waals surface area contributed by atoms with Crippen LogP contribution in [0.3, 0.4) is 0 Å². The molecule has 0 N–H and O–H groups in total. The van der Waals surface area contributed by atoms with Crippen LogP contribution >= 0.6 is 22.9 Å². The quantitative estimate of drug-likeness (QED) is 0.809. The fourth-order valence-corrected chi connectivity index (χ4v) is 4.66. The van der Waals surface area contributed by atoms with Gasteiger partial charge in [-0.15, -0.1) is 0 Å². The van der Waals surface area contributed by atoms with Crippen molar-refractivity contribution in [2.45, 2.75) is 24.0 Å². The molecule has 4 nitrogen and oxygen atoms in total. The second-order valence-corrected chi connectivity index (χ2v) is 7.90. The Morgan fingerprint density at radius 1 is 1.30 bits per heavy atom. The third-order valence-corrected chi connectivity index (χ3v) is 6.14. The van der Waals surface area contributed by atoms with Crippen LogP contribution in [0.25, 0.3) is 0 Å². The van der Waals surface area contributed by atoms with Gasteiger partial charge in [0.2, 0.25) is 0 Å². The molecule has 0 radical (unpaired) electrons. The summed E-state index contributed by atoms with van der Waals surface area (Å²) < 4.78 is 27.2. The van der Waals surface area contributed by atoms with E-state index in [2.05, 4.69) is 4.98 Å². The van der Waals surface area contributed by atoms with Crippen molar-refractivity contribution in [3.05, 3.63) is 41.0 Å². The average molecular weight is 331 g/mol. The molecule has 2 aromatic rings. The Balaban J connectivity index is 2.40. The minimum Gasteiger partial charge on any atom is -0.266 e. The number of rotatable bonds is 6. The van der Waals surface area contributed by atoms with E-state index in [0.717, 1.165) is 24.2 Å². The van der Waals surface area contributed by atoms with Gasteiger partial charge in [0.15, 0.2) is 8.68 Å². The molecule has 1 aromatic carbocycles. The number of para-hydroxylation sites is 1. The van der Waals surface area contributed by atoms with Crippen molar-refractivity contribution in [1.82, 2.24) is 4.98 Å². The number of thiazole rings is 1. The van der Waals surface area contributed by atoms with Crippen LogP contribution in [0, 0.1) is 0 Å². The molecule has 1 aromatic heterocycles. The van der Waals surface area contributed by atoms with Gasteiger partial charge in [-0.05, 0) is 18.6 Å².